The molecule has 0 atom stereocenters. The summed E-state index contributed by atoms with van der Waals surface area (Å²) in [7, 11) is 1.43. The van der Waals surface area contributed by atoms with Gasteiger partial charge >= 0.3 is 5.97 Å². The van der Waals surface area contributed by atoms with E-state index in [1.807, 2.05) is 0 Å². The van der Waals surface area contributed by atoms with Gasteiger partial charge in [0.1, 0.15) is 6.54 Å². The molecule has 0 bridgehead atoms. The summed E-state index contributed by atoms with van der Waals surface area (Å²) in [4.78, 5) is 25.0. The molecule has 0 saturated heterocycles. The minimum absolute atomic E-state index is 0.115. The normalized spacial score (nSPS) is 9.95. The molecule has 1 aromatic rings. The van der Waals surface area contributed by atoms with Gasteiger partial charge in [0.25, 0.3) is 5.91 Å². The third kappa shape index (κ3) is 3.88. The van der Waals surface area contributed by atoms with E-state index in [9.17, 15) is 14.7 Å². The van der Waals surface area contributed by atoms with Crippen molar-refractivity contribution in [3.05, 3.63) is 23.8 Å². The molecule has 1 rings (SSSR count). The zero-order chi connectivity index (χ0) is 15.1. The van der Waals surface area contributed by atoms with Crippen LogP contribution in [0.25, 0.3) is 0 Å². The highest BCUT2D eigenvalue weighted by atomic mass is 16.5. The lowest BCUT2D eigenvalue weighted by Gasteiger charge is -2.20. The Hall–Kier alpha value is -2.24. The van der Waals surface area contributed by atoms with E-state index >= 15 is 0 Å². The van der Waals surface area contributed by atoms with Crippen LogP contribution in [0.4, 0.5) is 0 Å². The Kier molecular flexibility index (Phi) is 5.83. The first kappa shape index (κ1) is 15.8. The van der Waals surface area contributed by atoms with E-state index in [1.54, 1.807) is 13.8 Å². The molecule has 0 aliphatic carbocycles. The molecule has 0 fully saturated rings. The van der Waals surface area contributed by atoms with Crippen LogP contribution >= 0.6 is 0 Å². The van der Waals surface area contributed by atoms with Gasteiger partial charge in [-0.15, -0.1) is 0 Å². The van der Waals surface area contributed by atoms with E-state index in [0.29, 0.717) is 6.54 Å². The van der Waals surface area contributed by atoms with Crippen LogP contribution in [0.3, 0.4) is 0 Å². The van der Waals surface area contributed by atoms with Crippen molar-refractivity contribution < 1.29 is 24.2 Å². The van der Waals surface area contributed by atoms with E-state index in [2.05, 4.69) is 0 Å². The van der Waals surface area contributed by atoms with E-state index in [0.717, 1.165) is 0 Å². The van der Waals surface area contributed by atoms with Crippen LogP contribution in [-0.4, -0.2) is 48.7 Å². The van der Waals surface area contributed by atoms with Crippen LogP contribution in [0.2, 0.25) is 0 Å². The molecule has 0 aromatic heterocycles. The largest absolute Gasteiger partial charge is 0.504 e. The molecule has 6 nitrogen and oxygen atoms in total. The maximum absolute atomic E-state index is 12.2. The van der Waals surface area contributed by atoms with Crippen molar-refractivity contribution in [2.24, 2.45) is 0 Å². The van der Waals surface area contributed by atoms with Gasteiger partial charge in [-0.3, -0.25) is 9.59 Å². The second-order valence-corrected chi connectivity index (χ2v) is 4.01. The SMILES string of the molecule is CCOC(=O)CN(CC)C(=O)c1ccc(OC)c(O)c1. The van der Waals surface area contributed by atoms with Crippen molar-refractivity contribution in [3.8, 4) is 11.5 Å². The highest BCUT2D eigenvalue weighted by Gasteiger charge is 2.19. The summed E-state index contributed by atoms with van der Waals surface area (Å²) >= 11 is 0. The molecular weight excluding hydrogens is 262 g/mol. The average Bonchev–Trinajstić information content (AvgIpc) is 2.44. The molecular formula is C14H19NO5. The highest BCUT2D eigenvalue weighted by Crippen LogP contribution is 2.26. The Bertz CT molecular complexity index is 486. The van der Waals surface area contributed by atoms with Gasteiger partial charge in [0.2, 0.25) is 0 Å². The highest BCUT2D eigenvalue weighted by molar-refractivity contribution is 5.96. The number of phenols is 1. The molecule has 0 aliphatic heterocycles. The van der Waals surface area contributed by atoms with E-state index in [1.165, 1.54) is 30.2 Å². The number of carbonyl (C=O) groups is 2. The maximum atomic E-state index is 12.2. The third-order valence-electron chi connectivity index (χ3n) is 2.72. The van der Waals surface area contributed by atoms with Crippen molar-refractivity contribution in [2.75, 3.05) is 26.8 Å². The van der Waals surface area contributed by atoms with Crippen LogP contribution in [0.5, 0.6) is 11.5 Å². The number of amides is 1. The van der Waals surface area contributed by atoms with Gasteiger partial charge < -0.3 is 19.5 Å². The standard InChI is InChI=1S/C14H19NO5/c1-4-15(9-13(17)20-5-2)14(18)10-6-7-12(19-3)11(16)8-10/h6-8,16H,4-5,9H2,1-3H3. The average molecular weight is 281 g/mol. The predicted octanol–water partition coefficient (Wildman–Crippen LogP) is 1.43. The van der Waals surface area contributed by atoms with Crippen molar-refractivity contribution in [1.82, 2.24) is 4.90 Å². The summed E-state index contributed by atoms with van der Waals surface area (Å²) in [6.45, 7) is 3.99. The Balaban J connectivity index is 2.85. The number of carbonyl (C=O) groups excluding carboxylic acids is 2. The number of methoxy groups -OCH3 is 1. The summed E-state index contributed by atoms with van der Waals surface area (Å²) in [5, 5.41) is 9.67. The molecule has 6 heteroatoms. The first-order valence-corrected chi connectivity index (χ1v) is 6.35. The number of likely N-dealkylation sites (N-methyl/N-ethyl adjacent to an activating group) is 1. The minimum Gasteiger partial charge on any atom is -0.504 e. The van der Waals surface area contributed by atoms with Crippen LogP contribution in [0.15, 0.2) is 18.2 Å². The minimum atomic E-state index is -0.458. The predicted molar refractivity (Wildman–Crippen MR) is 72.9 cm³/mol. The van der Waals surface area contributed by atoms with Gasteiger partial charge in [-0.05, 0) is 32.0 Å². The molecule has 0 heterocycles. The number of rotatable bonds is 6. The lowest BCUT2D eigenvalue weighted by Crippen LogP contribution is -2.36. The van der Waals surface area contributed by atoms with Gasteiger partial charge in [-0.25, -0.2) is 0 Å². The number of hydrogen-bond donors (Lipinski definition) is 1. The molecule has 1 N–H and O–H groups in total. The summed E-state index contributed by atoms with van der Waals surface area (Å²) in [5.41, 5.74) is 0.287. The Labute approximate surface area is 117 Å². The fourth-order valence-electron chi connectivity index (χ4n) is 1.70. The maximum Gasteiger partial charge on any atom is 0.325 e. The van der Waals surface area contributed by atoms with Crippen LogP contribution in [-0.2, 0) is 9.53 Å². The van der Waals surface area contributed by atoms with Crippen molar-refractivity contribution in [1.29, 1.82) is 0 Å². The zero-order valence-electron chi connectivity index (χ0n) is 11.9. The molecule has 0 spiro atoms. The molecule has 1 amide bonds. The lowest BCUT2D eigenvalue weighted by atomic mass is 10.1. The number of aromatic hydroxyl groups is 1. The van der Waals surface area contributed by atoms with Crippen LogP contribution in [0, 0.1) is 0 Å². The first-order chi connectivity index (χ1) is 9.53. The van der Waals surface area contributed by atoms with Gasteiger partial charge in [0, 0.05) is 12.1 Å². The molecule has 20 heavy (non-hydrogen) atoms. The molecule has 0 radical (unpaired) electrons. The Morgan fingerprint density at radius 1 is 1.30 bits per heavy atom. The number of ether oxygens (including phenoxy) is 2. The van der Waals surface area contributed by atoms with Gasteiger partial charge in [0.05, 0.1) is 13.7 Å². The fraction of sp³-hybridized carbons (Fsp3) is 0.429. The molecule has 0 aliphatic rings. The van der Waals surface area contributed by atoms with Crippen LogP contribution in [0.1, 0.15) is 24.2 Å². The summed E-state index contributed by atoms with van der Waals surface area (Å²) in [5.74, 6) is -0.639. The Morgan fingerprint density at radius 3 is 2.50 bits per heavy atom. The third-order valence-corrected chi connectivity index (χ3v) is 2.72. The van der Waals surface area contributed by atoms with Gasteiger partial charge in [0.15, 0.2) is 11.5 Å². The number of phenolic OH excluding ortho intramolecular Hbond substituents is 1. The molecule has 0 saturated carbocycles. The second kappa shape index (κ2) is 7.37. The van der Waals surface area contributed by atoms with Gasteiger partial charge in [-0.1, -0.05) is 0 Å². The van der Waals surface area contributed by atoms with Crippen molar-refractivity contribution >= 4 is 11.9 Å². The summed E-state index contributed by atoms with van der Waals surface area (Å²) in [6, 6.07) is 4.35. The lowest BCUT2D eigenvalue weighted by molar-refractivity contribution is -0.143. The summed E-state index contributed by atoms with van der Waals surface area (Å²) < 4.78 is 9.73. The monoisotopic (exact) mass is 281 g/mol. The molecule has 110 valence electrons. The number of benzene rings is 1. The summed E-state index contributed by atoms with van der Waals surface area (Å²) in [6.07, 6.45) is 0. The smallest absolute Gasteiger partial charge is 0.325 e. The van der Waals surface area contributed by atoms with E-state index in [-0.39, 0.29) is 36.1 Å². The number of esters is 1. The molecule has 1 aromatic carbocycles. The second-order valence-electron chi connectivity index (χ2n) is 4.01. The van der Waals surface area contributed by atoms with Crippen molar-refractivity contribution in [2.45, 2.75) is 13.8 Å². The first-order valence-electron chi connectivity index (χ1n) is 6.35. The zero-order valence-corrected chi connectivity index (χ0v) is 11.9. The van der Waals surface area contributed by atoms with E-state index in [4.69, 9.17) is 9.47 Å². The van der Waals surface area contributed by atoms with Crippen molar-refractivity contribution in [3.63, 3.8) is 0 Å². The number of nitrogens with zero attached hydrogens (tertiary/aromatic N) is 1. The quantitative estimate of drug-likeness (QED) is 0.798. The molecule has 0 unspecified atom stereocenters. The fourth-order valence-corrected chi connectivity index (χ4v) is 1.70. The van der Waals surface area contributed by atoms with Gasteiger partial charge in [-0.2, -0.15) is 0 Å². The van der Waals surface area contributed by atoms with Crippen LogP contribution < -0.4 is 4.74 Å². The van der Waals surface area contributed by atoms with E-state index < -0.39 is 5.97 Å². The Morgan fingerprint density at radius 2 is 2.00 bits per heavy atom. The topological polar surface area (TPSA) is 76.1 Å². The number of hydrogen-bond acceptors (Lipinski definition) is 5.